The lowest BCUT2D eigenvalue weighted by molar-refractivity contribution is 0.167. The summed E-state index contributed by atoms with van der Waals surface area (Å²) in [6.45, 7) is 0. The van der Waals surface area contributed by atoms with E-state index in [2.05, 4.69) is 46.6 Å². The average Bonchev–Trinajstić information content (AvgIpc) is 3.81. The molecule has 0 aromatic heterocycles. The molecule has 9 rings (SSSR count). The lowest BCUT2D eigenvalue weighted by Gasteiger charge is -2.35. The smallest absolute Gasteiger partial charge is 0.221 e. The predicted molar refractivity (Wildman–Crippen MR) is 181 cm³/mol. The predicted octanol–water partition coefficient (Wildman–Crippen LogP) is -0.153. The highest BCUT2D eigenvalue weighted by atomic mass is 28.3. The summed E-state index contributed by atoms with van der Waals surface area (Å²) in [7, 11) is 0.313. The van der Waals surface area contributed by atoms with Crippen LogP contribution < -0.4 is 47.9 Å². The molecule has 44 heavy (non-hydrogen) atoms. The fourth-order valence-corrected chi connectivity index (χ4v) is 12.0. The molecule has 250 valence electrons. The molecule has 0 spiro atoms. The lowest BCUT2D eigenvalue weighted by atomic mass is 9.76. The van der Waals surface area contributed by atoms with E-state index in [-0.39, 0.29) is 0 Å². The summed E-state index contributed by atoms with van der Waals surface area (Å²) in [4.78, 5) is 0. The van der Waals surface area contributed by atoms with Crippen molar-refractivity contribution >= 4 is 20.4 Å². The molecule has 5 heterocycles. The maximum absolute atomic E-state index is 4.98. The van der Waals surface area contributed by atoms with Crippen molar-refractivity contribution in [1.29, 1.82) is 0 Å². The highest BCUT2D eigenvalue weighted by Gasteiger charge is 2.54. The van der Waals surface area contributed by atoms with Crippen LogP contribution in [0.15, 0.2) is 0 Å². The minimum atomic E-state index is -0.514. The molecule has 5 saturated heterocycles. The van der Waals surface area contributed by atoms with Gasteiger partial charge in [0.2, 0.25) is 9.92 Å². The van der Waals surface area contributed by atoms with Gasteiger partial charge in [0.15, 0.2) is 0 Å². The number of rotatable bonds is 1. The maximum Gasteiger partial charge on any atom is 0.221 e. The van der Waals surface area contributed by atoms with Gasteiger partial charge in [0.05, 0.1) is 49.3 Å². The van der Waals surface area contributed by atoms with Gasteiger partial charge >= 0.3 is 0 Å². The third kappa shape index (κ3) is 5.95. The molecule has 10 nitrogen and oxygen atoms in total. The van der Waals surface area contributed by atoms with Crippen molar-refractivity contribution in [2.45, 2.75) is 152 Å². The molecule has 4 aliphatic carbocycles. The second-order valence-electron chi connectivity index (χ2n) is 16.1. The van der Waals surface area contributed by atoms with Crippen LogP contribution in [-0.2, 0) is 4.12 Å². The monoisotopic (exact) mass is 645 g/mol. The molecular formula is C32H63N9OSi2. The molecule has 5 aliphatic heterocycles. The SMILES string of the molecule is C1CCC2C3NC(NC4NC(NC5NC(NC6NC(N3)C3CCCCC63)C3CCCCC53)C3CCCCC43)C2C1.N[SiH2]O[SiH3]. The highest BCUT2D eigenvalue weighted by molar-refractivity contribution is 6.30. The Morgan fingerprint density at radius 2 is 0.500 bits per heavy atom. The van der Waals surface area contributed by atoms with Gasteiger partial charge in [-0.1, -0.05) is 51.4 Å². The van der Waals surface area contributed by atoms with Gasteiger partial charge in [-0.3, -0.25) is 42.5 Å². The van der Waals surface area contributed by atoms with Gasteiger partial charge in [-0.25, -0.2) is 0 Å². The minimum Gasteiger partial charge on any atom is -0.457 e. The molecule has 12 heteroatoms. The van der Waals surface area contributed by atoms with Crippen LogP contribution in [0.1, 0.15) is 103 Å². The molecule has 0 aromatic rings. The molecule has 9 aliphatic rings. The molecular weight excluding hydrogens is 583 g/mol. The Labute approximate surface area is 271 Å². The van der Waals surface area contributed by atoms with Crippen LogP contribution >= 0.6 is 0 Å². The van der Waals surface area contributed by atoms with Crippen molar-refractivity contribution in [1.82, 2.24) is 42.5 Å². The van der Waals surface area contributed by atoms with Gasteiger partial charge in [-0.05, 0) is 98.7 Å². The first-order valence-corrected chi connectivity index (χ1v) is 21.2. The first-order valence-electron chi connectivity index (χ1n) is 19.0. The van der Waals surface area contributed by atoms with Gasteiger partial charge in [-0.15, -0.1) is 0 Å². The summed E-state index contributed by atoms with van der Waals surface area (Å²) in [6.07, 6.45) is 25.6. The second-order valence-corrected chi connectivity index (χ2v) is 18.7. The molecule has 9 fully saturated rings. The van der Waals surface area contributed by atoms with E-state index >= 15 is 0 Å². The van der Waals surface area contributed by atoms with E-state index < -0.39 is 9.92 Å². The number of hydrogen-bond acceptors (Lipinski definition) is 10. The van der Waals surface area contributed by atoms with E-state index in [0.29, 0.717) is 49.3 Å². The standard InChI is InChI=1S/C32H56N8.H7NOSi2/c1-2-10-18-17(9-1)25-33-26(18)38-28-21-13-5-6-14-22(21)30(35-28)40-32-24-16-8-7-15-23(24)31(36-32)39-29-20-12-4-3-11-19(20)27(34-29)37-25;1-4-2-3/h17-40H,1-16H2;1,4H2,3H3. The van der Waals surface area contributed by atoms with Crippen LogP contribution in [0.3, 0.4) is 0 Å². The summed E-state index contributed by atoms with van der Waals surface area (Å²) in [5, 5.41) is 38.8. The van der Waals surface area contributed by atoms with Crippen molar-refractivity contribution in [2.75, 3.05) is 0 Å². The minimum absolute atomic E-state index is 0.420. The second kappa shape index (κ2) is 13.9. The average molecular weight is 646 g/mol. The molecule has 0 aromatic carbocycles. The molecule has 8 unspecified atom stereocenters. The molecule has 10 N–H and O–H groups in total. The van der Waals surface area contributed by atoms with Crippen molar-refractivity contribution in [3.63, 3.8) is 0 Å². The normalized spacial score (nSPS) is 53.4. The van der Waals surface area contributed by atoms with Crippen molar-refractivity contribution < 1.29 is 4.12 Å². The van der Waals surface area contributed by atoms with Crippen molar-refractivity contribution in [3.05, 3.63) is 0 Å². The van der Waals surface area contributed by atoms with Crippen LogP contribution in [0.25, 0.3) is 0 Å². The third-order valence-corrected chi connectivity index (χ3v) is 15.3. The zero-order chi connectivity index (χ0) is 29.6. The first-order chi connectivity index (χ1) is 21.7. The van der Waals surface area contributed by atoms with Crippen LogP contribution in [0.4, 0.5) is 0 Å². The summed E-state index contributed by atoms with van der Waals surface area (Å²) in [5.41, 5.74) is 0. The third-order valence-electron chi connectivity index (χ3n) is 14.0. The Morgan fingerprint density at radius 3 is 0.614 bits per heavy atom. The maximum atomic E-state index is 4.98. The summed E-state index contributed by atoms with van der Waals surface area (Å²) in [6, 6.07) is 0. The van der Waals surface area contributed by atoms with Crippen molar-refractivity contribution in [3.8, 4) is 0 Å². The topological polar surface area (TPSA) is 131 Å². The quantitative estimate of drug-likeness (QED) is 0.178. The zero-order valence-electron chi connectivity index (χ0n) is 27.2. The van der Waals surface area contributed by atoms with Crippen LogP contribution in [0.5, 0.6) is 0 Å². The zero-order valence-corrected chi connectivity index (χ0v) is 30.7. The molecule has 0 radical (unpaired) electrons. The van der Waals surface area contributed by atoms with Gasteiger partial charge in [0, 0.05) is 0 Å². The van der Waals surface area contributed by atoms with E-state index in [9.17, 15) is 0 Å². The number of nitrogens with two attached hydrogens (primary N) is 1. The lowest BCUT2D eigenvalue weighted by Crippen LogP contribution is -2.61. The van der Waals surface area contributed by atoms with Crippen LogP contribution in [0, 0.1) is 47.3 Å². The largest absolute Gasteiger partial charge is 0.457 e. The van der Waals surface area contributed by atoms with Gasteiger partial charge < -0.3 is 9.51 Å². The highest BCUT2D eigenvalue weighted by Crippen LogP contribution is 2.45. The van der Waals surface area contributed by atoms with E-state index in [4.69, 9.17) is 5.40 Å². The van der Waals surface area contributed by atoms with Crippen LogP contribution in [-0.4, -0.2) is 69.7 Å². The van der Waals surface area contributed by atoms with Crippen molar-refractivity contribution in [2.24, 2.45) is 52.7 Å². The Hall–Kier alpha value is 0.0338. The fraction of sp³-hybridized carbons (Fsp3) is 1.00. The molecule has 4 saturated carbocycles. The summed E-state index contributed by atoms with van der Waals surface area (Å²) in [5.74, 6) is 5.97. The molecule has 8 atom stereocenters. The van der Waals surface area contributed by atoms with Gasteiger partial charge in [-0.2, -0.15) is 0 Å². The number of hydrogen-bond donors (Lipinski definition) is 9. The summed E-state index contributed by atoms with van der Waals surface area (Å²) >= 11 is 0. The van der Waals surface area contributed by atoms with E-state index in [1.54, 1.807) is 0 Å². The molecule has 8 bridgehead atoms. The molecule has 0 amide bonds. The van der Waals surface area contributed by atoms with Gasteiger partial charge in [0.25, 0.3) is 0 Å². The first kappa shape index (κ1) is 31.3. The summed E-state index contributed by atoms with van der Waals surface area (Å²) < 4.78 is 4.60. The number of fused-ring (bicyclic) bond motifs is 20. The van der Waals surface area contributed by atoms with E-state index in [0.717, 1.165) is 57.8 Å². The van der Waals surface area contributed by atoms with E-state index in [1.165, 1.54) is 103 Å². The Bertz CT molecular complexity index is 759. The Balaban J connectivity index is 0.000000684. The number of nitrogens with one attached hydrogen (secondary N) is 8. The van der Waals surface area contributed by atoms with Gasteiger partial charge in [0.1, 0.15) is 10.5 Å². The van der Waals surface area contributed by atoms with Crippen LogP contribution in [0.2, 0.25) is 0 Å². The fourth-order valence-electron chi connectivity index (χ4n) is 12.0. The Kier molecular flexibility index (Phi) is 9.87. The van der Waals surface area contributed by atoms with E-state index in [1.807, 2.05) is 0 Å². The Morgan fingerprint density at radius 1 is 0.364 bits per heavy atom.